The number of aromatic hydroxyl groups is 1. The van der Waals surface area contributed by atoms with Gasteiger partial charge in [0.05, 0.1) is 30.2 Å². The van der Waals surface area contributed by atoms with E-state index in [0.29, 0.717) is 24.5 Å². The summed E-state index contributed by atoms with van der Waals surface area (Å²) in [5, 5.41) is 29.7. The molecule has 3 N–H and O–H groups in total. The molecule has 45 heavy (non-hydrogen) atoms. The van der Waals surface area contributed by atoms with Crippen molar-refractivity contribution in [2.45, 2.75) is 53.1 Å². The number of anilines is 1. The zero-order valence-corrected chi connectivity index (χ0v) is 26.2. The van der Waals surface area contributed by atoms with Gasteiger partial charge in [0.2, 0.25) is 11.8 Å². The summed E-state index contributed by atoms with van der Waals surface area (Å²) in [5.41, 5.74) is 7.98. The molecule has 0 bridgehead atoms. The highest BCUT2D eigenvalue weighted by Gasteiger charge is 2.57. The molecule has 0 aromatic heterocycles. The number of amides is 2. The molecule has 232 valence electrons. The Balaban J connectivity index is 1.30. The number of fused-ring (bicyclic) bond motifs is 3. The van der Waals surface area contributed by atoms with Gasteiger partial charge in [0.1, 0.15) is 5.75 Å². The molecule has 8 heteroatoms. The van der Waals surface area contributed by atoms with Crippen LogP contribution in [0.4, 0.5) is 5.69 Å². The molecular weight excluding hydrogens is 565 g/mol. The molecule has 0 saturated carbocycles. The van der Waals surface area contributed by atoms with E-state index in [0.717, 1.165) is 40.7 Å². The number of benzene rings is 3. The molecule has 2 saturated heterocycles. The van der Waals surface area contributed by atoms with Gasteiger partial charge in [-0.2, -0.15) is 0 Å². The second kappa shape index (κ2) is 12.4. The molecule has 4 atom stereocenters. The van der Waals surface area contributed by atoms with Gasteiger partial charge in [-0.15, -0.1) is 0 Å². The molecule has 0 radical (unpaired) electrons. The first kappa shape index (κ1) is 31.0. The summed E-state index contributed by atoms with van der Waals surface area (Å²) in [7, 11) is -1.69. The third-order valence-electron chi connectivity index (χ3n) is 9.74. The average Bonchev–Trinajstić information content (AvgIpc) is 3.55. The van der Waals surface area contributed by atoms with Gasteiger partial charge in [0.25, 0.3) is 0 Å². The van der Waals surface area contributed by atoms with Crippen molar-refractivity contribution in [3.8, 4) is 5.75 Å². The van der Waals surface area contributed by atoms with Gasteiger partial charge in [-0.25, -0.2) is 0 Å². The first-order valence-electron chi connectivity index (χ1n) is 15.8. The smallest absolute Gasteiger partial charge is 0.488 e. The van der Waals surface area contributed by atoms with Crippen molar-refractivity contribution in [1.29, 1.82) is 0 Å². The van der Waals surface area contributed by atoms with Gasteiger partial charge in [-0.1, -0.05) is 68.0 Å². The standard InChI is InChI=1S/C37H40BNO6/c1-21(2)29-19-30-34(37(42)39(36(30)41)28-12-8-11-27(18-28)38(43)44)31-20-45-32(33(29)31)14-13-26(25-9-6-5-7-10-25)17-24-15-22(3)35(40)23(4)16-24/h5-12,15-18,21,30-32,34,40,43-44H,13-14,19-20H2,1-4H3/b26-17-/t30-,31+,32-,34-/m1/s1. The zero-order chi connectivity index (χ0) is 32.0. The maximum absolute atomic E-state index is 14.0. The monoisotopic (exact) mass is 605 g/mol. The van der Waals surface area contributed by atoms with Crippen LogP contribution in [0.25, 0.3) is 11.6 Å². The Morgan fingerprint density at radius 2 is 1.69 bits per heavy atom. The summed E-state index contributed by atoms with van der Waals surface area (Å²) in [4.78, 5) is 29.0. The van der Waals surface area contributed by atoms with Crippen molar-refractivity contribution in [2.24, 2.45) is 23.7 Å². The Morgan fingerprint density at radius 1 is 0.978 bits per heavy atom. The number of carbonyl (C=O) groups is 2. The molecule has 6 rings (SSSR count). The van der Waals surface area contributed by atoms with Crippen LogP contribution >= 0.6 is 0 Å². The molecule has 2 heterocycles. The van der Waals surface area contributed by atoms with Gasteiger partial charge in [0.15, 0.2) is 0 Å². The summed E-state index contributed by atoms with van der Waals surface area (Å²) in [6.07, 6.45) is 4.03. The van der Waals surface area contributed by atoms with Gasteiger partial charge in [-0.05, 0) is 102 Å². The summed E-state index contributed by atoms with van der Waals surface area (Å²) in [5.74, 6) is -1.10. The van der Waals surface area contributed by atoms with Crippen LogP contribution in [-0.4, -0.2) is 46.8 Å². The molecule has 0 unspecified atom stereocenters. The number of phenolic OH excluding ortho intramolecular Hbond substituents is 1. The van der Waals surface area contributed by atoms with E-state index < -0.39 is 19.0 Å². The van der Waals surface area contributed by atoms with Crippen LogP contribution in [0.2, 0.25) is 0 Å². The molecule has 0 spiro atoms. The van der Waals surface area contributed by atoms with Crippen molar-refractivity contribution in [1.82, 2.24) is 0 Å². The maximum atomic E-state index is 14.0. The number of hydrogen-bond donors (Lipinski definition) is 3. The number of carbonyl (C=O) groups excluding carboxylic acids is 2. The van der Waals surface area contributed by atoms with E-state index in [4.69, 9.17) is 4.74 Å². The highest BCUT2D eigenvalue weighted by Crippen LogP contribution is 2.52. The summed E-state index contributed by atoms with van der Waals surface area (Å²) in [6.45, 7) is 8.50. The zero-order valence-electron chi connectivity index (χ0n) is 26.2. The van der Waals surface area contributed by atoms with Crippen molar-refractivity contribution >= 4 is 41.7 Å². The fraction of sp³-hybridized carbons (Fsp3) is 0.351. The van der Waals surface area contributed by atoms with Crippen LogP contribution in [0.15, 0.2) is 77.9 Å². The SMILES string of the molecule is Cc1cc(/C=C(/CC[C@H]2OC[C@H]3C2=C(C(C)C)C[C@H]2C(=O)N(c4cccc(B(O)O)c4)C(=O)[C@H]23)c2ccccc2)cc(C)c1O. The van der Waals surface area contributed by atoms with Crippen LogP contribution in [0.5, 0.6) is 5.75 Å². The quantitative estimate of drug-likeness (QED) is 0.141. The fourth-order valence-electron chi connectivity index (χ4n) is 7.55. The Kier molecular flexibility index (Phi) is 8.57. The lowest BCUT2D eigenvalue weighted by molar-refractivity contribution is -0.122. The number of ether oxygens (including phenoxy) is 1. The molecular formula is C37H40BNO6. The Bertz CT molecular complexity index is 1670. The first-order chi connectivity index (χ1) is 21.5. The summed E-state index contributed by atoms with van der Waals surface area (Å²) in [6, 6.07) is 20.6. The van der Waals surface area contributed by atoms with E-state index >= 15 is 0 Å². The molecule has 2 fully saturated rings. The van der Waals surface area contributed by atoms with Crippen LogP contribution in [0.3, 0.4) is 0 Å². The highest BCUT2D eigenvalue weighted by molar-refractivity contribution is 6.58. The van der Waals surface area contributed by atoms with E-state index in [1.54, 1.807) is 18.2 Å². The number of imide groups is 1. The lowest BCUT2D eigenvalue weighted by Gasteiger charge is -2.33. The minimum absolute atomic E-state index is 0.159. The van der Waals surface area contributed by atoms with Crippen LogP contribution in [0, 0.1) is 37.5 Å². The van der Waals surface area contributed by atoms with E-state index in [2.05, 4.69) is 32.1 Å². The molecule has 3 aliphatic rings. The van der Waals surface area contributed by atoms with E-state index in [-0.39, 0.29) is 35.2 Å². The molecule has 7 nitrogen and oxygen atoms in total. The van der Waals surface area contributed by atoms with Crippen LogP contribution < -0.4 is 10.4 Å². The Hall–Kier alpha value is -3.98. The second-order valence-electron chi connectivity index (χ2n) is 13.0. The van der Waals surface area contributed by atoms with Crippen LogP contribution in [0.1, 0.15) is 55.4 Å². The molecule has 2 amide bonds. The average molecular weight is 606 g/mol. The predicted molar refractivity (Wildman–Crippen MR) is 177 cm³/mol. The van der Waals surface area contributed by atoms with Crippen molar-refractivity contribution in [2.75, 3.05) is 11.5 Å². The van der Waals surface area contributed by atoms with Gasteiger partial charge < -0.3 is 19.9 Å². The largest absolute Gasteiger partial charge is 0.507 e. The third kappa shape index (κ3) is 5.78. The molecule has 3 aromatic carbocycles. The minimum atomic E-state index is -1.69. The number of rotatable bonds is 8. The van der Waals surface area contributed by atoms with Crippen molar-refractivity contribution < 1.29 is 29.5 Å². The topological polar surface area (TPSA) is 107 Å². The maximum Gasteiger partial charge on any atom is 0.488 e. The molecule has 1 aliphatic carbocycles. The number of nitrogens with zero attached hydrogens (tertiary/aromatic N) is 1. The number of allylic oxidation sites excluding steroid dienone is 2. The third-order valence-corrected chi connectivity index (χ3v) is 9.74. The first-order valence-corrected chi connectivity index (χ1v) is 15.8. The van der Waals surface area contributed by atoms with Gasteiger partial charge >= 0.3 is 7.12 Å². The predicted octanol–water partition coefficient (Wildman–Crippen LogP) is 5.19. The van der Waals surface area contributed by atoms with E-state index in [1.807, 2.05) is 44.2 Å². The lowest BCUT2D eigenvalue weighted by atomic mass is 9.67. The summed E-state index contributed by atoms with van der Waals surface area (Å²) >= 11 is 0. The second-order valence-corrected chi connectivity index (χ2v) is 13.0. The minimum Gasteiger partial charge on any atom is -0.507 e. The highest BCUT2D eigenvalue weighted by atomic mass is 16.5. The Morgan fingerprint density at radius 3 is 2.36 bits per heavy atom. The number of hydrogen-bond acceptors (Lipinski definition) is 6. The van der Waals surface area contributed by atoms with Crippen LogP contribution in [-0.2, 0) is 14.3 Å². The van der Waals surface area contributed by atoms with Crippen molar-refractivity contribution in [3.05, 3.63) is 100 Å². The number of aryl methyl sites for hydroxylation is 2. The van der Waals surface area contributed by atoms with Crippen molar-refractivity contribution in [3.63, 3.8) is 0 Å². The normalized spacial score (nSPS) is 23.2. The summed E-state index contributed by atoms with van der Waals surface area (Å²) < 4.78 is 6.49. The van der Waals surface area contributed by atoms with Gasteiger partial charge in [0, 0.05) is 5.92 Å². The molecule has 3 aromatic rings. The Labute approximate surface area is 265 Å². The lowest BCUT2D eigenvalue weighted by Crippen LogP contribution is -2.36. The fourth-order valence-corrected chi connectivity index (χ4v) is 7.55. The van der Waals surface area contributed by atoms with E-state index in [1.165, 1.54) is 22.1 Å². The molecule has 2 aliphatic heterocycles. The number of phenols is 1. The van der Waals surface area contributed by atoms with Gasteiger partial charge in [-0.3, -0.25) is 14.5 Å². The van der Waals surface area contributed by atoms with E-state index in [9.17, 15) is 24.7 Å².